The topological polar surface area (TPSA) is 27.7 Å². The van der Waals surface area contributed by atoms with Crippen molar-refractivity contribution in [1.29, 1.82) is 0 Å². The van der Waals surface area contributed by atoms with Crippen molar-refractivity contribution in [3.05, 3.63) is 0 Å². The van der Waals surface area contributed by atoms with E-state index in [0.717, 1.165) is 39.4 Å². The normalized spacial score (nSPS) is 26.6. The molecule has 1 rings (SSSR count). The standard InChI is InChI=1S/C13H29N3O/c1-5-13-11-16(12(2)10-14-13)7-9-17-8-6-15(3)4/h12-14H,5-11H2,1-4H3. The summed E-state index contributed by atoms with van der Waals surface area (Å²) in [5.41, 5.74) is 0. The second-order valence-electron chi connectivity index (χ2n) is 5.27. The third kappa shape index (κ3) is 5.82. The van der Waals surface area contributed by atoms with Crippen LogP contribution in [0.2, 0.25) is 0 Å². The zero-order valence-electron chi connectivity index (χ0n) is 11.9. The van der Waals surface area contributed by atoms with Crippen molar-refractivity contribution < 1.29 is 4.74 Å². The van der Waals surface area contributed by atoms with Crippen LogP contribution >= 0.6 is 0 Å². The zero-order valence-corrected chi connectivity index (χ0v) is 11.9. The minimum atomic E-state index is 0.634. The molecule has 4 heteroatoms. The summed E-state index contributed by atoms with van der Waals surface area (Å²) in [7, 11) is 4.15. The SMILES string of the molecule is CCC1CN(CCOCCN(C)C)C(C)CN1. The van der Waals surface area contributed by atoms with Gasteiger partial charge in [-0.1, -0.05) is 6.92 Å². The Morgan fingerprint density at radius 3 is 2.76 bits per heavy atom. The minimum absolute atomic E-state index is 0.634. The molecule has 0 aromatic rings. The van der Waals surface area contributed by atoms with E-state index < -0.39 is 0 Å². The Morgan fingerprint density at radius 1 is 1.35 bits per heavy atom. The van der Waals surface area contributed by atoms with E-state index in [2.05, 4.69) is 43.1 Å². The van der Waals surface area contributed by atoms with E-state index >= 15 is 0 Å². The molecule has 0 bridgehead atoms. The Balaban J connectivity index is 2.12. The first-order valence-corrected chi connectivity index (χ1v) is 6.83. The van der Waals surface area contributed by atoms with E-state index in [4.69, 9.17) is 4.74 Å². The molecule has 1 saturated heterocycles. The lowest BCUT2D eigenvalue weighted by Crippen LogP contribution is -2.55. The van der Waals surface area contributed by atoms with E-state index in [-0.39, 0.29) is 0 Å². The van der Waals surface area contributed by atoms with Gasteiger partial charge in [0.05, 0.1) is 13.2 Å². The fourth-order valence-electron chi connectivity index (χ4n) is 2.11. The fraction of sp³-hybridized carbons (Fsp3) is 1.00. The highest BCUT2D eigenvalue weighted by Crippen LogP contribution is 2.08. The third-order valence-corrected chi connectivity index (χ3v) is 3.48. The third-order valence-electron chi connectivity index (χ3n) is 3.48. The predicted molar refractivity (Wildman–Crippen MR) is 72.5 cm³/mol. The van der Waals surface area contributed by atoms with Gasteiger partial charge in [0, 0.05) is 38.3 Å². The number of rotatable bonds is 7. The molecule has 102 valence electrons. The summed E-state index contributed by atoms with van der Waals surface area (Å²) < 4.78 is 5.66. The summed E-state index contributed by atoms with van der Waals surface area (Å²) in [6, 6.07) is 1.29. The highest BCUT2D eigenvalue weighted by atomic mass is 16.5. The Hall–Kier alpha value is -0.160. The van der Waals surface area contributed by atoms with Gasteiger partial charge < -0.3 is 15.0 Å². The Morgan fingerprint density at radius 2 is 2.12 bits per heavy atom. The predicted octanol–water partition coefficient (Wildman–Crippen LogP) is 0.637. The monoisotopic (exact) mass is 243 g/mol. The average Bonchev–Trinajstić information content (AvgIpc) is 2.30. The van der Waals surface area contributed by atoms with Crippen molar-refractivity contribution >= 4 is 0 Å². The first kappa shape index (κ1) is 14.9. The van der Waals surface area contributed by atoms with Gasteiger partial charge in [-0.15, -0.1) is 0 Å². The van der Waals surface area contributed by atoms with E-state index in [1.807, 2.05) is 0 Å². The van der Waals surface area contributed by atoms with Gasteiger partial charge in [0.1, 0.15) is 0 Å². The van der Waals surface area contributed by atoms with Crippen LogP contribution in [0.1, 0.15) is 20.3 Å². The molecule has 2 atom stereocenters. The van der Waals surface area contributed by atoms with E-state index in [1.54, 1.807) is 0 Å². The fourth-order valence-corrected chi connectivity index (χ4v) is 2.11. The molecule has 0 radical (unpaired) electrons. The molecule has 2 unspecified atom stereocenters. The molecule has 1 fully saturated rings. The Labute approximate surface area is 106 Å². The molecule has 1 aliphatic heterocycles. The summed E-state index contributed by atoms with van der Waals surface area (Å²) in [5.74, 6) is 0. The molecule has 0 saturated carbocycles. The van der Waals surface area contributed by atoms with E-state index in [9.17, 15) is 0 Å². The van der Waals surface area contributed by atoms with Gasteiger partial charge >= 0.3 is 0 Å². The number of nitrogens with one attached hydrogen (secondary N) is 1. The van der Waals surface area contributed by atoms with Crippen LogP contribution in [0.4, 0.5) is 0 Å². The van der Waals surface area contributed by atoms with Gasteiger partial charge in [-0.05, 0) is 27.4 Å². The highest BCUT2D eigenvalue weighted by molar-refractivity contribution is 4.82. The maximum absolute atomic E-state index is 5.66. The molecule has 0 amide bonds. The van der Waals surface area contributed by atoms with E-state index in [1.165, 1.54) is 6.42 Å². The lowest BCUT2D eigenvalue weighted by Gasteiger charge is -2.38. The number of nitrogens with zero attached hydrogens (tertiary/aromatic N) is 2. The lowest BCUT2D eigenvalue weighted by molar-refractivity contribution is 0.0638. The summed E-state index contributed by atoms with van der Waals surface area (Å²) in [5, 5.41) is 3.58. The summed E-state index contributed by atoms with van der Waals surface area (Å²) in [6.07, 6.45) is 1.21. The number of hydrogen-bond donors (Lipinski definition) is 1. The van der Waals surface area contributed by atoms with Crippen LogP contribution < -0.4 is 5.32 Å². The average molecular weight is 243 g/mol. The first-order valence-electron chi connectivity index (χ1n) is 6.83. The molecule has 1 aliphatic rings. The van der Waals surface area contributed by atoms with Crippen molar-refractivity contribution in [1.82, 2.24) is 15.1 Å². The quantitative estimate of drug-likeness (QED) is 0.664. The zero-order chi connectivity index (χ0) is 12.7. The minimum Gasteiger partial charge on any atom is -0.379 e. The van der Waals surface area contributed by atoms with E-state index in [0.29, 0.717) is 12.1 Å². The lowest BCUT2D eigenvalue weighted by atomic mass is 10.1. The van der Waals surface area contributed by atoms with Gasteiger partial charge in [0.2, 0.25) is 0 Å². The molecule has 1 heterocycles. The van der Waals surface area contributed by atoms with Gasteiger partial charge in [-0.2, -0.15) is 0 Å². The van der Waals surface area contributed by atoms with Crippen LogP contribution in [0.25, 0.3) is 0 Å². The van der Waals surface area contributed by atoms with Crippen LogP contribution in [0.3, 0.4) is 0 Å². The van der Waals surface area contributed by atoms with Crippen molar-refractivity contribution in [3.63, 3.8) is 0 Å². The Bertz CT molecular complexity index is 199. The molecule has 0 aromatic carbocycles. The summed E-state index contributed by atoms with van der Waals surface area (Å²) in [6.45, 7) is 10.6. The van der Waals surface area contributed by atoms with Gasteiger partial charge in [-0.25, -0.2) is 0 Å². The van der Waals surface area contributed by atoms with Gasteiger partial charge in [0.15, 0.2) is 0 Å². The highest BCUT2D eigenvalue weighted by Gasteiger charge is 2.23. The van der Waals surface area contributed by atoms with Crippen molar-refractivity contribution in [3.8, 4) is 0 Å². The Kier molecular flexibility index (Phi) is 7.04. The van der Waals surface area contributed by atoms with Crippen molar-refractivity contribution in [2.45, 2.75) is 32.4 Å². The molecule has 17 heavy (non-hydrogen) atoms. The van der Waals surface area contributed by atoms with Gasteiger partial charge in [0.25, 0.3) is 0 Å². The molecule has 0 aromatic heterocycles. The molecular formula is C13H29N3O. The largest absolute Gasteiger partial charge is 0.379 e. The second-order valence-corrected chi connectivity index (χ2v) is 5.27. The van der Waals surface area contributed by atoms with Crippen molar-refractivity contribution in [2.75, 3.05) is 53.5 Å². The number of hydrogen-bond acceptors (Lipinski definition) is 4. The van der Waals surface area contributed by atoms with Crippen LogP contribution in [0, 0.1) is 0 Å². The summed E-state index contributed by atoms with van der Waals surface area (Å²) in [4.78, 5) is 4.70. The molecule has 0 aliphatic carbocycles. The maximum atomic E-state index is 5.66. The van der Waals surface area contributed by atoms with Crippen LogP contribution in [-0.4, -0.2) is 75.4 Å². The smallest absolute Gasteiger partial charge is 0.0594 e. The first-order chi connectivity index (χ1) is 8.13. The summed E-state index contributed by atoms with van der Waals surface area (Å²) >= 11 is 0. The van der Waals surface area contributed by atoms with Crippen LogP contribution in [-0.2, 0) is 4.74 Å². The molecule has 0 spiro atoms. The van der Waals surface area contributed by atoms with Crippen molar-refractivity contribution in [2.24, 2.45) is 0 Å². The number of piperazine rings is 1. The molecule has 1 N–H and O–H groups in total. The number of likely N-dealkylation sites (N-methyl/N-ethyl adjacent to an activating group) is 1. The van der Waals surface area contributed by atoms with Crippen LogP contribution in [0.5, 0.6) is 0 Å². The molecular weight excluding hydrogens is 214 g/mol. The number of ether oxygens (including phenoxy) is 1. The molecule has 4 nitrogen and oxygen atoms in total. The second kappa shape index (κ2) is 8.03. The maximum Gasteiger partial charge on any atom is 0.0594 e. The van der Waals surface area contributed by atoms with Crippen LogP contribution in [0.15, 0.2) is 0 Å². The van der Waals surface area contributed by atoms with Gasteiger partial charge in [-0.3, -0.25) is 4.90 Å².